The normalized spacial score (nSPS) is 10.8. The number of carbonyl (C=O) groups is 1. The summed E-state index contributed by atoms with van der Waals surface area (Å²) in [6, 6.07) is 7.98. The molecule has 0 saturated heterocycles. The lowest BCUT2D eigenvalue weighted by Gasteiger charge is -1.99. The third-order valence-electron chi connectivity index (χ3n) is 3.15. The molecule has 3 rings (SSSR count). The number of hydrogen-bond donors (Lipinski definition) is 2. The van der Waals surface area contributed by atoms with Crippen molar-refractivity contribution in [3.63, 3.8) is 0 Å². The highest BCUT2D eigenvalue weighted by molar-refractivity contribution is 7.12. The van der Waals surface area contributed by atoms with Gasteiger partial charge < -0.3 is 5.11 Å². The molecule has 0 amide bonds. The molecule has 0 bridgehead atoms. The summed E-state index contributed by atoms with van der Waals surface area (Å²) < 4.78 is 0.956. The molecule has 0 fully saturated rings. The Morgan fingerprint density at radius 3 is 2.68 bits per heavy atom. The summed E-state index contributed by atoms with van der Waals surface area (Å²) in [5.74, 6) is -1.70. The molecule has 8 heteroatoms. The predicted molar refractivity (Wildman–Crippen MR) is 81.6 cm³/mol. The van der Waals surface area contributed by atoms with E-state index in [1.165, 1.54) is 16.9 Å². The van der Waals surface area contributed by atoms with Gasteiger partial charge in [0.1, 0.15) is 0 Å². The molecule has 2 aromatic heterocycles. The molecule has 0 saturated carbocycles. The Balaban J connectivity index is 1.96. The van der Waals surface area contributed by atoms with Crippen molar-refractivity contribution in [3.8, 4) is 16.4 Å². The van der Waals surface area contributed by atoms with Gasteiger partial charge in [-0.2, -0.15) is 4.68 Å². The Hall–Kier alpha value is -2.74. The minimum atomic E-state index is -1.29. The lowest BCUT2D eigenvalue weighted by Crippen LogP contribution is -2.15. The van der Waals surface area contributed by atoms with Crippen molar-refractivity contribution in [2.24, 2.45) is 0 Å². The van der Waals surface area contributed by atoms with E-state index >= 15 is 0 Å². The van der Waals surface area contributed by atoms with Crippen molar-refractivity contribution in [2.45, 2.75) is 13.3 Å². The number of rotatable bonds is 4. The van der Waals surface area contributed by atoms with Crippen molar-refractivity contribution < 1.29 is 9.90 Å². The number of carboxylic acid groups (broad SMARTS) is 1. The van der Waals surface area contributed by atoms with Crippen LogP contribution >= 0.6 is 11.3 Å². The summed E-state index contributed by atoms with van der Waals surface area (Å²) in [6.07, 6.45) is 0.962. The van der Waals surface area contributed by atoms with Gasteiger partial charge in [-0.3, -0.25) is 4.98 Å². The van der Waals surface area contributed by atoms with Crippen LogP contribution in [0.3, 0.4) is 0 Å². The number of aromatic carboxylic acids is 1. The summed E-state index contributed by atoms with van der Waals surface area (Å²) in [4.78, 5) is 29.1. The van der Waals surface area contributed by atoms with Gasteiger partial charge in [-0.05, 0) is 12.0 Å². The predicted octanol–water partition coefficient (Wildman–Crippen LogP) is 1.94. The van der Waals surface area contributed by atoms with E-state index < -0.39 is 17.5 Å². The first-order chi connectivity index (χ1) is 10.6. The Morgan fingerprint density at radius 1 is 1.36 bits per heavy atom. The third-order valence-corrected chi connectivity index (χ3v) is 3.97. The molecule has 0 aliphatic heterocycles. The molecule has 0 atom stereocenters. The first-order valence-corrected chi connectivity index (χ1v) is 7.44. The van der Waals surface area contributed by atoms with Crippen LogP contribution in [0.4, 0.5) is 0 Å². The van der Waals surface area contributed by atoms with Gasteiger partial charge in [0, 0.05) is 10.9 Å². The molecule has 7 nitrogen and oxygen atoms in total. The third kappa shape index (κ3) is 2.56. The molecule has 2 heterocycles. The van der Waals surface area contributed by atoms with E-state index in [4.69, 9.17) is 5.11 Å². The maximum Gasteiger partial charge on any atom is 0.373 e. The molecule has 0 unspecified atom stereocenters. The highest BCUT2D eigenvalue weighted by Gasteiger charge is 2.15. The molecule has 0 aliphatic carbocycles. The molecule has 0 radical (unpaired) electrons. The maximum absolute atomic E-state index is 11.7. The number of nitrogens with one attached hydrogen (secondary N) is 1. The molecule has 22 heavy (non-hydrogen) atoms. The van der Waals surface area contributed by atoms with E-state index in [0.717, 1.165) is 22.4 Å². The number of H-pyrrole nitrogens is 1. The molecule has 1 aromatic carbocycles. The molecular weight excluding hydrogens is 304 g/mol. The molecule has 112 valence electrons. The Kier molecular flexibility index (Phi) is 3.60. The second-order valence-electron chi connectivity index (χ2n) is 4.56. The average molecular weight is 316 g/mol. The Labute approximate surface area is 128 Å². The molecule has 0 aliphatic rings. The zero-order chi connectivity index (χ0) is 15.7. The van der Waals surface area contributed by atoms with Crippen LogP contribution in [-0.2, 0) is 6.42 Å². The molecule has 0 spiro atoms. The zero-order valence-electron chi connectivity index (χ0n) is 11.6. The summed E-state index contributed by atoms with van der Waals surface area (Å²) in [7, 11) is 0. The quantitative estimate of drug-likeness (QED) is 0.766. The van der Waals surface area contributed by atoms with Gasteiger partial charge in [-0.1, -0.05) is 31.2 Å². The SMILES string of the molecule is CCc1ccc(-c2csc(-n3nc(C(=O)O)[nH]c3=O)n2)cc1. The van der Waals surface area contributed by atoms with Crippen molar-refractivity contribution in [3.05, 3.63) is 51.5 Å². The van der Waals surface area contributed by atoms with Crippen molar-refractivity contribution in [1.82, 2.24) is 19.7 Å². The van der Waals surface area contributed by atoms with Gasteiger partial charge >= 0.3 is 11.7 Å². The number of carboxylic acids is 1. The second-order valence-corrected chi connectivity index (χ2v) is 5.40. The van der Waals surface area contributed by atoms with Gasteiger partial charge in [0.05, 0.1) is 5.69 Å². The Morgan fingerprint density at radius 2 is 2.09 bits per heavy atom. The van der Waals surface area contributed by atoms with Crippen LogP contribution in [0.2, 0.25) is 0 Å². The van der Waals surface area contributed by atoms with Crippen molar-refractivity contribution in [2.75, 3.05) is 0 Å². The molecular formula is C14H12N4O3S. The fraction of sp³-hybridized carbons (Fsp3) is 0.143. The summed E-state index contributed by atoms with van der Waals surface area (Å²) in [6.45, 7) is 2.08. The van der Waals surface area contributed by atoms with E-state index in [-0.39, 0.29) is 0 Å². The monoisotopic (exact) mass is 316 g/mol. The van der Waals surface area contributed by atoms with Crippen LogP contribution in [0.1, 0.15) is 23.1 Å². The number of aromatic nitrogens is 4. The highest BCUT2D eigenvalue weighted by Crippen LogP contribution is 2.23. The van der Waals surface area contributed by atoms with E-state index in [0.29, 0.717) is 5.13 Å². The summed E-state index contributed by atoms with van der Waals surface area (Å²) in [5, 5.41) is 14.7. The molecule has 3 aromatic rings. The van der Waals surface area contributed by atoms with Gasteiger partial charge in [-0.25, -0.2) is 14.6 Å². The number of aryl methyl sites for hydroxylation is 1. The second kappa shape index (κ2) is 5.57. The largest absolute Gasteiger partial charge is 0.475 e. The Bertz CT molecular complexity index is 876. The minimum absolute atomic E-state index is 0.323. The van der Waals surface area contributed by atoms with Crippen LogP contribution in [0.15, 0.2) is 34.4 Å². The minimum Gasteiger partial charge on any atom is -0.475 e. The van der Waals surface area contributed by atoms with Crippen molar-refractivity contribution >= 4 is 17.3 Å². The van der Waals surface area contributed by atoms with E-state index in [9.17, 15) is 9.59 Å². The number of thiazole rings is 1. The summed E-state index contributed by atoms with van der Waals surface area (Å²) >= 11 is 1.22. The van der Waals surface area contributed by atoms with Crippen LogP contribution < -0.4 is 5.69 Å². The van der Waals surface area contributed by atoms with Gasteiger partial charge in [0.15, 0.2) is 0 Å². The van der Waals surface area contributed by atoms with E-state index in [2.05, 4.69) is 22.0 Å². The van der Waals surface area contributed by atoms with Crippen LogP contribution in [0.25, 0.3) is 16.4 Å². The van der Waals surface area contributed by atoms with E-state index in [1.807, 2.05) is 24.3 Å². The molecule has 2 N–H and O–H groups in total. The van der Waals surface area contributed by atoms with Gasteiger partial charge in [0.2, 0.25) is 11.0 Å². The first kappa shape index (κ1) is 14.2. The standard InChI is InChI=1S/C14H12N4O3S/c1-2-8-3-5-9(6-4-8)10-7-22-14(15-10)18-13(21)16-11(17-18)12(19)20/h3-7H,2H2,1H3,(H,19,20)(H,16,17,21). The zero-order valence-corrected chi connectivity index (χ0v) is 12.4. The van der Waals surface area contributed by atoms with Crippen LogP contribution in [0.5, 0.6) is 0 Å². The number of aromatic amines is 1. The van der Waals surface area contributed by atoms with Crippen LogP contribution in [-0.4, -0.2) is 30.8 Å². The van der Waals surface area contributed by atoms with Gasteiger partial charge in [-0.15, -0.1) is 16.4 Å². The summed E-state index contributed by atoms with van der Waals surface area (Å²) in [5.41, 5.74) is 2.25. The fourth-order valence-corrected chi connectivity index (χ4v) is 2.74. The average Bonchev–Trinajstić information content (AvgIpc) is 3.14. The van der Waals surface area contributed by atoms with Crippen LogP contribution in [0, 0.1) is 0 Å². The van der Waals surface area contributed by atoms with Crippen molar-refractivity contribution in [1.29, 1.82) is 0 Å². The highest BCUT2D eigenvalue weighted by atomic mass is 32.1. The fourth-order valence-electron chi connectivity index (χ4n) is 1.96. The first-order valence-electron chi connectivity index (χ1n) is 6.56. The maximum atomic E-state index is 11.7. The van der Waals surface area contributed by atoms with Gasteiger partial charge in [0.25, 0.3) is 0 Å². The lowest BCUT2D eigenvalue weighted by atomic mass is 10.1. The number of benzene rings is 1. The number of hydrogen-bond acceptors (Lipinski definition) is 5. The smallest absolute Gasteiger partial charge is 0.373 e. The lowest BCUT2D eigenvalue weighted by molar-refractivity contribution is 0.0683. The number of nitrogens with zero attached hydrogens (tertiary/aromatic N) is 3. The topological polar surface area (TPSA) is 101 Å². The van der Waals surface area contributed by atoms with E-state index in [1.54, 1.807) is 5.38 Å².